The van der Waals surface area contributed by atoms with Crippen LogP contribution in [0.1, 0.15) is 24.2 Å². The van der Waals surface area contributed by atoms with Gasteiger partial charge in [-0.25, -0.2) is 9.97 Å². The smallest absolute Gasteiger partial charge is 0.226 e. The molecule has 1 aromatic rings. The van der Waals surface area contributed by atoms with Crippen molar-refractivity contribution in [3.8, 4) is 6.07 Å². The Labute approximate surface area is 94.4 Å². The Morgan fingerprint density at radius 1 is 1.56 bits per heavy atom. The molecule has 1 aliphatic heterocycles. The van der Waals surface area contributed by atoms with E-state index < -0.39 is 0 Å². The summed E-state index contributed by atoms with van der Waals surface area (Å²) in [7, 11) is 0. The molecule has 16 heavy (non-hydrogen) atoms. The van der Waals surface area contributed by atoms with Gasteiger partial charge in [-0.1, -0.05) is 0 Å². The Hall–Kier alpha value is -1.67. The Bertz CT molecular complexity index is 426. The number of aryl methyl sites for hydroxylation is 1. The van der Waals surface area contributed by atoms with Crippen molar-refractivity contribution in [2.45, 2.75) is 25.9 Å². The second-order valence-corrected chi connectivity index (χ2v) is 4.05. The number of aromatic nitrogens is 2. The number of β-amino-alcohol motifs (C(OH)–C–C–N with tert-alkyl or cyclic N) is 1. The van der Waals surface area contributed by atoms with Gasteiger partial charge in [0.15, 0.2) is 0 Å². The summed E-state index contributed by atoms with van der Waals surface area (Å²) in [5.41, 5.74) is 1.16. The maximum Gasteiger partial charge on any atom is 0.226 e. The van der Waals surface area contributed by atoms with Gasteiger partial charge in [0.1, 0.15) is 11.8 Å². The highest BCUT2D eigenvalue weighted by Crippen LogP contribution is 2.16. The van der Waals surface area contributed by atoms with Crippen molar-refractivity contribution in [1.82, 2.24) is 9.97 Å². The second-order valence-electron chi connectivity index (χ2n) is 4.05. The van der Waals surface area contributed by atoms with Crippen LogP contribution in [0.25, 0.3) is 0 Å². The first-order chi connectivity index (χ1) is 7.69. The number of piperidine rings is 1. The van der Waals surface area contributed by atoms with Crippen LogP contribution in [0.4, 0.5) is 5.95 Å². The monoisotopic (exact) mass is 218 g/mol. The third-order valence-electron chi connectivity index (χ3n) is 2.64. The van der Waals surface area contributed by atoms with Crippen molar-refractivity contribution < 1.29 is 5.11 Å². The van der Waals surface area contributed by atoms with E-state index in [1.54, 1.807) is 6.07 Å². The molecular weight excluding hydrogens is 204 g/mol. The fraction of sp³-hybridized carbons (Fsp3) is 0.545. The lowest BCUT2D eigenvalue weighted by molar-refractivity contribution is 0.153. The van der Waals surface area contributed by atoms with Crippen molar-refractivity contribution in [2.75, 3.05) is 18.0 Å². The first-order valence-corrected chi connectivity index (χ1v) is 5.38. The summed E-state index contributed by atoms with van der Waals surface area (Å²) in [6.07, 6.45) is 1.44. The van der Waals surface area contributed by atoms with E-state index in [1.165, 1.54) is 0 Å². The second kappa shape index (κ2) is 4.45. The zero-order valence-electron chi connectivity index (χ0n) is 9.22. The molecule has 5 nitrogen and oxygen atoms in total. The van der Waals surface area contributed by atoms with Crippen LogP contribution in [0.15, 0.2) is 6.07 Å². The van der Waals surface area contributed by atoms with Crippen molar-refractivity contribution in [3.05, 3.63) is 17.5 Å². The molecule has 0 unspecified atom stereocenters. The van der Waals surface area contributed by atoms with Gasteiger partial charge in [0, 0.05) is 18.8 Å². The molecule has 1 atom stereocenters. The van der Waals surface area contributed by atoms with Crippen LogP contribution in [0.5, 0.6) is 0 Å². The first kappa shape index (κ1) is 10.8. The lowest BCUT2D eigenvalue weighted by atomic mass is 10.1. The van der Waals surface area contributed by atoms with Gasteiger partial charge in [0.25, 0.3) is 0 Å². The highest BCUT2D eigenvalue weighted by molar-refractivity contribution is 5.36. The average molecular weight is 218 g/mol. The number of rotatable bonds is 1. The van der Waals surface area contributed by atoms with Gasteiger partial charge in [-0.3, -0.25) is 0 Å². The number of hydrogen-bond donors (Lipinski definition) is 1. The molecule has 84 valence electrons. The van der Waals surface area contributed by atoms with Crippen LogP contribution in [0.2, 0.25) is 0 Å². The maximum atomic E-state index is 9.57. The number of hydrogen-bond acceptors (Lipinski definition) is 5. The Morgan fingerprint density at radius 3 is 3.06 bits per heavy atom. The average Bonchev–Trinajstić information content (AvgIpc) is 2.28. The number of nitriles is 1. The van der Waals surface area contributed by atoms with Crippen molar-refractivity contribution in [1.29, 1.82) is 5.26 Å². The summed E-state index contributed by atoms with van der Waals surface area (Å²) in [6, 6.07) is 3.67. The maximum absolute atomic E-state index is 9.57. The highest BCUT2D eigenvalue weighted by atomic mass is 16.3. The van der Waals surface area contributed by atoms with E-state index in [9.17, 15) is 5.11 Å². The standard InChI is InChI=1S/C11H14N4O/c1-8-5-9(6-12)14-11(13-8)15-4-2-3-10(16)7-15/h5,10,16H,2-4,7H2,1H3/t10-/m0/s1. The van der Waals surface area contributed by atoms with Crippen LogP contribution in [-0.4, -0.2) is 34.3 Å². The molecule has 2 rings (SSSR count). The van der Waals surface area contributed by atoms with Crippen LogP contribution < -0.4 is 4.90 Å². The molecule has 1 aromatic heterocycles. The minimum atomic E-state index is -0.316. The summed E-state index contributed by atoms with van der Waals surface area (Å²) in [6.45, 7) is 3.23. The third-order valence-corrected chi connectivity index (χ3v) is 2.64. The zero-order valence-corrected chi connectivity index (χ0v) is 9.22. The molecule has 1 N–H and O–H groups in total. The molecule has 0 aliphatic carbocycles. The van der Waals surface area contributed by atoms with Crippen LogP contribution in [-0.2, 0) is 0 Å². The number of anilines is 1. The highest BCUT2D eigenvalue weighted by Gasteiger charge is 2.20. The fourth-order valence-electron chi connectivity index (χ4n) is 1.89. The van der Waals surface area contributed by atoms with Gasteiger partial charge in [0.05, 0.1) is 6.10 Å². The van der Waals surface area contributed by atoms with Crippen LogP contribution in [0, 0.1) is 18.3 Å². The molecule has 2 heterocycles. The molecule has 0 aromatic carbocycles. The summed E-state index contributed by atoms with van der Waals surface area (Å²) in [5.74, 6) is 0.551. The molecule has 1 saturated heterocycles. The van der Waals surface area contributed by atoms with Crippen molar-refractivity contribution in [3.63, 3.8) is 0 Å². The van der Waals surface area contributed by atoms with Crippen molar-refractivity contribution in [2.24, 2.45) is 0 Å². The SMILES string of the molecule is Cc1cc(C#N)nc(N2CCC[C@H](O)C2)n1. The van der Waals surface area contributed by atoms with Gasteiger partial charge in [-0.15, -0.1) is 0 Å². The van der Waals surface area contributed by atoms with E-state index in [0.717, 1.165) is 25.1 Å². The topological polar surface area (TPSA) is 73.0 Å². The van der Waals surface area contributed by atoms with Gasteiger partial charge in [0.2, 0.25) is 5.95 Å². The van der Waals surface area contributed by atoms with Gasteiger partial charge < -0.3 is 10.0 Å². The first-order valence-electron chi connectivity index (χ1n) is 5.38. The van der Waals surface area contributed by atoms with E-state index in [1.807, 2.05) is 17.9 Å². The molecule has 0 bridgehead atoms. The minimum absolute atomic E-state index is 0.316. The fourth-order valence-corrected chi connectivity index (χ4v) is 1.89. The number of aliphatic hydroxyl groups is 1. The van der Waals surface area contributed by atoms with Gasteiger partial charge in [-0.2, -0.15) is 5.26 Å². The molecule has 1 fully saturated rings. The number of aliphatic hydroxyl groups excluding tert-OH is 1. The normalized spacial score (nSPS) is 20.6. The van der Waals surface area contributed by atoms with Crippen LogP contribution in [0.3, 0.4) is 0 Å². The van der Waals surface area contributed by atoms with Gasteiger partial charge in [-0.05, 0) is 25.8 Å². The molecule has 0 amide bonds. The summed E-state index contributed by atoms with van der Waals surface area (Å²) in [5, 5.41) is 18.4. The summed E-state index contributed by atoms with van der Waals surface area (Å²) < 4.78 is 0. The quantitative estimate of drug-likeness (QED) is 0.748. The largest absolute Gasteiger partial charge is 0.391 e. The predicted molar refractivity (Wildman–Crippen MR) is 58.9 cm³/mol. The number of nitrogens with zero attached hydrogens (tertiary/aromatic N) is 4. The van der Waals surface area contributed by atoms with E-state index in [-0.39, 0.29) is 6.10 Å². The molecule has 0 spiro atoms. The molecule has 5 heteroatoms. The lowest BCUT2D eigenvalue weighted by Gasteiger charge is -2.30. The lowest BCUT2D eigenvalue weighted by Crippen LogP contribution is -2.39. The van der Waals surface area contributed by atoms with E-state index >= 15 is 0 Å². The third kappa shape index (κ3) is 2.28. The van der Waals surface area contributed by atoms with E-state index in [2.05, 4.69) is 9.97 Å². The Balaban J connectivity index is 2.26. The molecule has 1 aliphatic rings. The Kier molecular flexibility index (Phi) is 3.02. The van der Waals surface area contributed by atoms with Crippen LogP contribution >= 0.6 is 0 Å². The Morgan fingerprint density at radius 2 is 2.38 bits per heavy atom. The molecule has 0 saturated carbocycles. The van der Waals surface area contributed by atoms with E-state index in [0.29, 0.717) is 18.2 Å². The molecule has 0 radical (unpaired) electrons. The summed E-state index contributed by atoms with van der Waals surface area (Å²) >= 11 is 0. The zero-order chi connectivity index (χ0) is 11.5. The minimum Gasteiger partial charge on any atom is -0.391 e. The van der Waals surface area contributed by atoms with Crippen molar-refractivity contribution >= 4 is 5.95 Å². The molecular formula is C11H14N4O. The summed E-state index contributed by atoms with van der Waals surface area (Å²) in [4.78, 5) is 10.4. The predicted octanol–water partition coefficient (Wildman–Crippen LogP) is 0.618. The van der Waals surface area contributed by atoms with E-state index in [4.69, 9.17) is 5.26 Å². The van der Waals surface area contributed by atoms with Gasteiger partial charge >= 0.3 is 0 Å².